The van der Waals surface area contributed by atoms with E-state index in [-0.39, 0.29) is 22.6 Å². The summed E-state index contributed by atoms with van der Waals surface area (Å²) in [5, 5.41) is 4.60. The quantitative estimate of drug-likeness (QED) is 0.653. The Morgan fingerprint density at radius 3 is 2.23 bits per heavy atom. The van der Waals surface area contributed by atoms with E-state index in [4.69, 9.17) is 16.3 Å². The molecule has 0 radical (unpaired) electrons. The molecule has 2 rings (SSSR count). The predicted molar refractivity (Wildman–Crippen MR) is 113 cm³/mol. The van der Waals surface area contributed by atoms with Crippen LogP contribution >= 0.6 is 11.6 Å². The second-order valence-corrected chi connectivity index (χ2v) is 8.24. The molecule has 6 nitrogen and oxygen atoms in total. The normalized spacial score (nSPS) is 12.1. The van der Waals surface area contributed by atoms with Crippen LogP contribution in [0.15, 0.2) is 36.4 Å². The Kier molecular flexibility index (Phi) is 7.73. The van der Waals surface area contributed by atoms with Crippen molar-refractivity contribution in [1.82, 2.24) is 5.32 Å². The molecule has 0 saturated carbocycles. The molecule has 0 bridgehead atoms. The summed E-state index contributed by atoms with van der Waals surface area (Å²) in [5.41, 5.74) is -1.20. The van der Waals surface area contributed by atoms with E-state index in [0.29, 0.717) is 0 Å². The highest BCUT2D eigenvalue weighted by Crippen LogP contribution is 2.25. The number of carbonyl (C=O) groups excluding carboxylic acids is 3. The van der Waals surface area contributed by atoms with Crippen molar-refractivity contribution in [2.75, 3.05) is 5.32 Å². The summed E-state index contributed by atoms with van der Waals surface area (Å²) in [4.78, 5) is 37.2. The van der Waals surface area contributed by atoms with Crippen LogP contribution in [0.3, 0.4) is 0 Å². The summed E-state index contributed by atoms with van der Waals surface area (Å²) < 4.78 is 32.9. The number of amides is 2. The summed E-state index contributed by atoms with van der Waals surface area (Å²) in [6.45, 7) is 6.54. The van der Waals surface area contributed by atoms with Gasteiger partial charge >= 0.3 is 6.09 Å². The highest BCUT2D eigenvalue weighted by molar-refractivity contribution is 6.34. The molecular formula is C22H23ClF2N2O4. The molecule has 1 atom stereocenters. The fourth-order valence-electron chi connectivity index (χ4n) is 2.67. The van der Waals surface area contributed by atoms with Gasteiger partial charge in [0.25, 0.3) is 5.91 Å². The molecule has 0 spiro atoms. The minimum atomic E-state index is -0.951. The fourth-order valence-corrected chi connectivity index (χ4v) is 2.95. The van der Waals surface area contributed by atoms with E-state index in [2.05, 4.69) is 10.6 Å². The maximum absolute atomic E-state index is 13.9. The highest BCUT2D eigenvalue weighted by atomic mass is 35.5. The molecule has 0 saturated heterocycles. The lowest BCUT2D eigenvalue weighted by atomic mass is 9.99. The van der Waals surface area contributed by atoms with Crippen LogP contribution in [0.2, 0.25) is 5.02 Å². The van der Waals surface area contributed by atoms with Crippen molar-refractivity contribution in [3.05, 3.63) is 64.2 Å². The smallest absolute Gasteiger partial charge is 0.408 e. The molecule has 2 aromatic rings. The van der Waals surface area contributed by atoms with E-state index in [1.54, 1.807) is 20.8 Å². The van der Waals surface area contributed by atoms with E-state index in [9.17, 15) is 23.2 Å². The number of carbonyl (C=O) groups is 3. The molecule has 0 aliphatic carbocycles. The molecular weight excluding hydrogens is 430 g/mol. The molecule has 0 unspecified atom stereocenters. The molecule has 2 amide bonds. The molecule has 0 aliphatic rings. The predicted octanol–water partition coefficient (Wildman–Crippen LogP) is 4.90. The molecule has 0 heterocycles. The first kappa shape index (κ1) is 24.3. The number of benzene rings is 2. The SMILES string of the molecule is C[C@H](NC(=O)OC(C)(C)C)C(=O)Cc1cccc(Cl)c1C(=O)Nc1c(F)cccc1F. The van der Waals surface area contributed by atoms with E-state index >= 15 is 0 Å². The lowest BCUT2D eigenvalue weighted by molar-refractivity contribution is -0.120. The summed E-state index contributed by atoms with van der Waals surface area (Å²) in [6.07, 6.45) is -1.01. The van der Waals surface area contributed by atoms with Gasteiger partial charge in [-0.1, -0.05) is 29.8 Å². The third-order valence-electron chi connectivity index (χ3n) is 4.11. The van der Waals surface area contributed by atoms with Crippen LogP contribution < -0.4 is 10.6 Å². The van der Waals surface area contributed by atoms with Crippen molar-refractivity contribution in [1.29, 1.82) is 0 Å². The summed E-state index contributed by atoms with van der Waals surface area (Å²) in [7, 11) is 0. The van der Waals surface area contributed by atoms with Gasteiger partial charge in [0.05, 0.1) is 16.6 Å². The van der Waals surface area contributed by atoms with Gasteiger partial charge < -0.3 is 15.4 Å². The van der Waals surface area contributed by atoms with Crippen LogP contribution in [0.1, 0.15) is 43.6 Å². The van der Waals surface area contributed by atoms with Gasteiger partial charge in [-0.25, -0.2) is 13.6 Å². The molecule has 9 heteroatoms. The molecule has 166 valence electrons. The second-order valence-electron chi connectivity index (χ2n) is 7.84. The first-order chi connectivity index (χ1) is 14.4. The Morgan fingerprint density at radius 1 is 1.06 bits per heavy atom. The fraction of sp³-hybridized carbons (Fsp3) is 0.318. The number of Topliss-reactive ketones (excluding diaryl/α,β-unsaturated/α-hetero) is 1. The Labute approximate surface area is 183 Å². The van der Waals surface area contributed by atoms with E-state index in [1.807, 2.05) is 0 Å². The number of hydrogen-bond acceptors (Lipinski definition) is 4. The molecule has 2 N–H and O–H groups in total. The van der Waals surface area contributed by atoms with Gasteiger partial charge in [0.1, 0.15) is 22.9 Å². The van der Waals surface area contributed by atoms with Crippen molar-refractivity contribution in [2.24, 2.45) is 0 Å². The zero-order chi connectivity index (χ0) is 23.3. The average molecular weight is 453 g/mol. The Morgan fingerprint density at radius 2 is 1.65 bits per heavy atom. The van der Waals surface area contributed by atoms with Crippen LogP contribution in [0, 0.1) is 11.6 Å². The van der Waals surface area contributed by atoms with Crippen molar-refractivity contribution < 1.29 is 27.9 Å². The average Bonchev–Trinajstić information content (AvgIpc) is 2.63. The summed E-state index contributed by atoms with van der Waals surface area (Å²) >= 11 is 6.14. The van der Waals surface area contributed by atoms with Gasteiger partial charge in [0.15, 0.2) is 5.78 Å². The molecule has 31 heavy (non-hydrogen) atoms. The maximum atomic E-state index is 13.9. The number of halogens is 3. The highest BCUT2D eigenvalue weighted by Gasteiger charge is 2.24. The number of rotatable bonds is 6. The third kappa shape index (κ3) is 6.75. The van der Waals surface area contributed by atoms with Crippen LogP contribution in [-0.2, 0) is 16.0 Å². The summed E-state index contributed by atoms with van der Waals surface area (Å²) in [5.74, 6) is -3.19. The number of anilines is 1. The first-order valence-electron chi connectivity index (χ1n) is 9.44. The molecule has 0 aromatic heterocycles. The number of nitrogens with one attached hydrogen (secondary N) is 2. The molecule has 0 fully saturated rings. The van der Waals surface area contributed by atoms with Crippen molar-refractivity contribution in [3.63, 3.8) is 0 Å². The Balaban J connectivity index is 2.20. The van der Waals surface area contributed by atoms with Crippen LogP contribution in [0.25, 0.3) is 0 Å². The minimum Gasteiger partial charge on any atom is -0.444 e. The van der Waals surface area contributed by atoms with Gasteiger partial charge in [-0.15, -0.1) is 0 Å². The number of alkyl carbamates (subject to hydrolysis) is 1. The lowest BCUT2D eigenvalue weighted by Crippen LogP contribution is -2.42. The van der Waals surface area contributed by atoms with E-state index in [1.165, 1.54) is 31.2 Å². The van der Waals surface area contributed by atoms with Crippen LogP contribution in [0.5, 0.6) is 0 Å². The monoisotopic (exact) mass is 452 g/mol. The molecule has 0 aliphatic heterocycles. The number of ketones is 1. The van der Waals surface area contributed by atoms with E-state index in [0.717, 1.165) is 12.1 Å². The largest absolute Gasteiger partial charge is 0.444 e. The van der Waals surface area contributed by atoms with Gasteiger partial charge in [-0.2, -0.15) is 0 Å². The zero-order valence-electron chi connectivity index (χ0n) is 17.5. The topological polar surface area (TPSA) is 84.5 Å². The van der Waals surface area contributed by atoms with Gasteiger partial charge in [0, 0.05) is 6.42 Å². The molecule has 2 aromatic carbocycles. The van der Waals surface area contributed by atoms with Crippen LogP contribution in [-0.4, -0.2) is 29.4 Å². The second kappa shape index (κ2) is 9.87. The standard InChI is InChI=1S/C22H23ClF2N2O4/c1-12(26-21(30)31-22(2,3)4)17(28)11-13-7-5-8-14(23)18(13)20(29)27-19-15(24)9-6-10-16(19)25/h5-10,12H,11H2,1-4H3,(H,26,30)(H,27,29)/t12-/m0/s1. The van der Waals surface area contributed by atoms with Crippen LogP contribution in [0.4, 0.5) is 19.3 Å². The van der Waals surface area contributed by atoms with Crippen molar-refractivity contribution >= 4 is 35.1 Å². The van der Waals surface area contributed by atoms with Crippen molar-refractivity contribution in [3.8, 4) is 0 Å². The maximum Gasteiger partial charge on any atom is 0.408 e. The number of para-hydroxylation sites is 1. The van der Waals surface area contributed by atoms with Crippen molar-refractivity contribution in [2.45, 2.75) is 45.8 Å². The number of ether oxygens (including phenoxy) is 1. The first-order valence-corrected chi connectivity index (χ1v) is 9.82. The zero-order valence-corrected chi connectivity index (χ0v) is 18.3. The lowest BCUT2D eigenvalue weighted by Gasteiger charge is -2.21. The minimum absolute atomic E-state index is 0.00676. The Hall–Kier alpha value is -3.00. The van der Waals surface area contributed by atoms with Gasteiger partial charge in [0.2, 0.25) is 0 Å². The third-order valence-corrected chi connectivity index (χ3v) is 4.42. The Bertz CT molecular complexity index is 985. The summed E-state index contributed by atoms with van der Waals surface area (Å²) in [6, 6.07) is 6.71. The van der Waals surface area contributed by atoms with Gasteiger partial charge in [-0.3, -0.25) is 9.59 Å². The van der Waals surface area contributed by atoms with Gasteiger partial charge in [-0.05, 0) is 51.5 Å². The van der Waals surface area contributed by atoms with E-state index < -0.39 is 46.7 Å². The number of hydrogen-bond donors (Lipinski definition) is 2.